The van der Waals surface area contributed by atoms with Crippen LogP contribution in [0.2, 0.25) is 0 Å². The zero-order valence-corrected chi connectivity index (χ0v) is 15.5. The second-order valence-corrected chi connectivity index (χ2v) is 6.81. The fourth-order valence-electron chi connectivity index (χ4n) is 2.43. The van der Waals surface area contributed by atoms with Crippen molar-refractivity contribution in [3.05, 3.63) is 58.3 Å². The molecule has 0 fully saturated rings. The van der Waals surface area contributed by atoms with Gasteiger partial charge < -0.3 is 15.5 Å². The summed E-state index contributed by atoms with van der Waals surface area (Å²) in [6.07, 6.45) is 1.09. The highest BCUT2D eigenvalue weighted by Crippen LogP contribution is 2.09. The molecule has 0 unspecified atom stereocenters. The zero-order valence-electron chi connectivity index (χ0n) is 14.7. The van der Waals surface area contributed by atoms with E-state index in [0.717, 1.165) is 45.1 Å². The molecule has 0 atom stereocenters. The molecular formula is C19H28N4S. The molecule has 24 heavy (non-hydrogen) atoms. The molecule has 0 amide bonds. The highest BCUT2D eigenvalue weighted by atomic mass is 32.1. The molecule has 0 spiro atoms. The van der Waals surface area contributed by atoms with Crippen LogP contribution in [0.3, 0.4) is 0 Å². The molecule has 0 aliphatic rings. The molecule has 1 aromatic heterocycles. The fraction of sp³-hybridized carbons (Fsp3) is 0.421. The van der Waals surface area contributed by atoms with Gasteiger partial charge in [-0.15, -0.1) is 11.3 Å². The number of benzene rings is 1. The molecule has 1 heterocycles. The molecule has 2 aromatic rings. The Morgan fingerprint density at radius 1 is 1.12 bits per heavy atom. The van der Waals surface area contributed by atoms with E-state index in [0.29, 0.717) is 0 Å². The van der Waals surface area contributed by atoms with E-state index >= 15 is 0 Å². The predicted molar refractivity (Wildman–Crippen MR) is 105 cm³/mol. The van der Waals surface area contributed by atoms with Crippen molar-refractivity contribution in [2.24, 2.45) is 4.99 Å². The van der Waals surface area contributed by atoms with E-state index in [1.54, 1.807) is 11.3 Å². The van der Waals surface area contributed by atoms with Gasteiger partial charge in [0.1, 0.15) is 0 Å². The first-order valence-corrected chi connectivity index (χ1v) is 9.43. The number of aliphatic imine (C=N–C) groups is 1. The van der Waals surface area contributed by atoms with Gasteiger partial charge in [-0.1, -0.05) is 36.4 Å². The summed E-state index contributed by atoms with van der Waals surface area (Å²) in [6, 6.07) is 14.8. The lowest BCUT2D eigenvalue weighted by Gasteiger charge is -2.17. The highest BCUT2D eigenvalue weighted by molar-refractivity contribution is 7.09. The van der Waals surface area contributed by atoms with E-state index in [-0.39, 0.29) is 0 Å². The fourth-order valence-corrected chi connectivity index (χ4v) is 3.06. The van der Waals surface area contributed by atoms with Gasteiger partial charge in [0, 0.05) is 24.5 Å². The van der Waals surface area contributed by atoms with E-state index in [1.165, 1.54) is 10.4 Å². The Balaban J connectivity index is 1.67. The molecule has 2 N–H and O–H groups in total. The summed E-state index contributed by atoms with van der Waals surface area (Å²) in [5.74, 6) is 0.900. The van der Waals surface area contributed by atoms with Gasteiger partial charge in [0.15, 0.2) is 5.96 Å². The van der Waals surface area contributed by atoms with Crippen molar-refractivity contribution in [1.82, 2.24) is 15.5 Å². The predicted octanol–water partition coefficient (Wildman–Crippen LogP) is 3.33. The average Bonchev–Trinajstić information content (AvgIpc) is 3.11. The molecule has 5 heteroatoms. The Hall–Kier alpha value is -1.85. The molecule has 0 saturated heterocycles. The van der Waals surface area contributed by atoms with Crippen LogP contribution in [0, 0.1) is 0 Å². The summed E-state index contributed by atoms with van der Waals surface area (Å²) in [4.78, 5) is 8.27. The maximum absolute atomic E-state index is 4.63. The van der Waals surface area contributed by atoms with Crippen LogP contribution in [0.1, 0.15) is 23.8 Å². The first kappa shape index (κ1) is 18.5. The van der Waals surface area contributed by atoms with Crippen molar-refractivity contribution in [2.45, 2.75) is 26.4 Å². The first-order valence-electron chi connectivity index (χ1n) is 8.55. The van der Waals surface area contributed by atoms with Crippen LogP contribution < -0.4 is 10.6 Å². The standard InChI is InChI=1S/C19H28N4S/c1-3-20-19(22-15-18-11-7-14-24-18)21-12-8-13-23(2)16-17-9-5-4-6-10-17/h4-7,9-11,14H,3,8,12-13,15-16H2,1-2H3,(H2,20,21,22). The topological polar surface area (TPSA) is 39.7 Å². The Kier molecular flexibility index (Phi) is 8.35. The SMILES string of the molecule is CCNC(=NCc1cccs1)NCCCN(C)Cc1ccccc1. The minimum Gasteiger partial charge on any atom is -0.357 e. The van der Waals surface area contributed by atoms with Crippen molar-refractivity contribution in [2.75, 3.05) is 26.7 Å². The third-order valence-corrected chi connectivity index (χ3v) is 4.48. The normalized spacial score (nSPS) is 11.7. The monoisotopic (exact) mass is 344 g/mol. The van der Waals surface area contributed by atoms with E-state index in [9.17, 15) is 0 Å². The quantitative estimate of drug-likeness (QED) is 0.416. The largest absolute Gasteiger partial charge is 0.357 e. The molecular weight excluding hydrogens is 316 g/mol. The van der Waals surface area contributed by atoms with Crippen LogP contribution >= 0.6 is 11.3 Å². The van der Waals surface area contributed by atoms with Gasteiger partial charge in [-0.2, -0.15) is 0 Å². The van der Waals surface area contributed by atoms with E-state index in [1.807, 2.05) is 0 Å². The zero-order chi connectivity index (χ0) is 17.0. The molecule has 0 radical (unpaired) electrons. The molecule has 0 bridgehead atoms. The Morgan fingerprint density at radius 3 is 2.67 bits per heavy atom. The smallest absolute Gasteiger partial charge is 0.191 e. The molecule has 1 aromatic carbocycles. The molecule has 0 aliphatic heterocycles. The third kappa shape index (κ3) is 7.15. The average molecular weight is 345 g/mol. The number of hydrogen-bond donors (Lipinski definition) is 2. The highest BCUT2D eigenvalue weighted by Gasteiger charge is 2.01. The van der Waals surface area contributed by atoms with Crippen molar-refractivity contribution < 1.29 is 0 Å². The lowest BCUT2D eigenvalue weighted by molar-refractivity contribution is 0.322. The summed E-state index contributed by atoms with van der Waals surface area (Å²) >= 11 is 1.75. The molecule has 0 saturated carbocycles. The van der Waals surface area contributed by atoms with Crippen LogP contribution in [-0.2, 0) is 13.1 Å². The third-order valence-electron chi connectivity index (χ3n) is 3.62. The van der Waals surface area contributed by atoms with Crippen LogP contribution in [0.25, 0.3) is 0 Å². The number of hydrogen-bond acceptors (Lipinski definition) is 3. The first-order chi connectivity index (χ1) is 11.8. The lowest BCUT2D eigenvalue weighted by atomic mass is 10.2. The molecule has 2 rings (SSSR count). The lowest BCUT2D eigenvalue weighted by Crippen LogP contribution is -2.38. The van der Waals surface area contributed by atoms with Gasteiger partial charge >= 0.3 is 0 Å². The minimum atomic E-state index is 0.737. The second kappa shape index (κ2) is 10.8. The summed E-state index contributed by atoms with van der Waals surface area (Å²) in [5.41, 5.74) is 1.36. The van der Waals surface area contributed by atoms with Gasteiger partial charge in [0.2, 0.25) is 0 Å². The van der Waals surface area contributed by atoms with E-state index in [2.05, 4.69) is 82.3 Å². The number of nitrogens with one attached hydrogen (secondary N) is 2. The number of guanidine groups is 1. The van der Waals surface area contributed by atoms with Crippen LogP contribution in [0.4, 0.5) is 0 Å². The Bertz CT molecular complexity index is 581. The summed E-state index contributed by atoms with van der Waals surface area (Å²) in [6.45, 7) is 6.69. The molecule has 0 aliphatic carbocycles. The Morgan fingerprint density at radius 2 is 1.96 bits per heavy atom. The second-order valence-electron chi connectivity index (χ2n) is 5.78. The summed E-state index contributed by atoms with van der Waals surface area (Å²) in [7, 11) is 2.17. The minimum absolute atomic E-state index is 0.737. The number of rotatable bonds is 9. The number of thiophene rings is 1. The van der Waals surface area contributed by atoms with Gasteiger partial charge in [-0.3, -0.25) is 0 Å². The van der Waals surface area contributed by atoms with Crippen molar-refractivity contribution >= 4 is 17.3 Å². The molecule has 4 nitrogen and oxygen atoms in total. The van der Waals surface area contributed by atoms with Gasteiger partial charge in [0.25, 0.3) is 0 Å². The van der Waals surface area contributed by atoms with Gasteiger partial charge in [0.05, 0.1) is 6.54 Å². The van der Waals surface area contributed by atoms with Crippen molar-refractivity contribution in [1.29, 1.82) is 0 Å². The van der Waals surface area contributed by atoms with Crippen molar-refractivity contribution in [3.8, 4) is 0 Å². The van der Waals surface area contributed by atoms with Gasteiger partial charge in [-0.25, -0.2) is 4.99 Å². The van der Waals surface area contributed by atoms with E-state index in [4.69, 9.17) is 0 Å². The maximum atomic E-state index is 4.63. The number of nitrogens with zero attached hydrogens (tertiary/aromatic N) is 2. The maximum Gasteiger partial charge on any atom is 0.191 e. The molecule has 130 valence electrons. The summed E-state index contributed by atoms with van der Waals surface area (Å²) < 4.78 is 0. The Labute approximate surface area is 149 Å². The van der Waals surface area contributed by atoms with Crippen LogP contribution in [0.15, 0.2) is 52.8 Å². The van der Waals surface area contributed by atoms with E-state index < -0.39 is 0 Å². The van der Waals surface area contributed by atoms with Gasteiger partial charge in [-0.05, 0) is 43.9 Å². The van der Waals surface area contributed by atoms with Crippen molar-refractivity contribution in [3.63, 3.8) is 0 Å². The van der Waals surface area contributed by atoms with Crippen LogP contribution in [-0.4, -0.2) is 37.5 Å². The van der Waals surface area contributed by atoms with Crippen LogP contribution in [0.5, 0.6) is 0 Å². The summed E-state index contributed by atoms with van der Waals surface area (Å²) in [5, 5.41) is 8.81.